The number of anilines is 1. The van der Waals surface area contributed by atoms with Gasteiger partial charge in [0.05, 0.1) is 37.2 Å². The number of benzene rings is 2. The Morgan fingerprint density at radius 1 is 1.00 bits per heavy atom. The van der Waals surface area contributed by atoms with E-state index in [9.17, 15) is 20.1 Å². The second kappa shape index (κ2) is 11.1. The average molecular weight is 549 g/mol. The lowest BCUT2D eigenvalue weighted by molar-refractivity contribution is 0.447. The summed E-state index contributed by atoms with van der Waals surface area (Å²) in [5.41, 5.74) is 8.57. The predicted molar refractivity (Wildman–Crippen MR) is 158 cm³/mol. The largest absolute Gasteiger partial charge is 0.341 e. The molecule has 2 aromatic carbocycles. The monoisotopic (exact) mass is 548 g/mol. The third-order valence-corrected chi connectivity index (χ3v) is 8.24. The minimum Gasteiger partial charge on any atom is -0.341 e. The molecule has 1 aliphatic heterocycles. The summed E-state index contributed by atoms with van der Waals surface area (Å²) >= 11 is 0. The van der Waals surface area contributed by atoms with Crippen LogP contribution in [0.15, 0.2) is 57.6 Å². The molecule has 4 aromatic rings. The van der Waals surface area contributed by atoms with Crippen LogP contribution < -0.4 is 21.8 Å². The number of piperidine rings is 1. The quantitative estimate of drug-likeness (QED) is 0.349. The molecule has 3 heterocycles. The fourth-order valence-electron chi connectivity index (χ4n) is 6.23. The molecule has 10 nitrogen and oxygen atoms in total. The van der Waals surface area contributed by atoms with Crippen LogP contribution in [0.5, 0.6) is 0 Å². The Morgan fingerprint density at radius 3 is 2.56 bits per heavy atom. The zero-order valence-corrected chi connectivity index (χ0v) is 22.9. The van der Waals surface area contributed by atoms with Crippen LogP contribution in [0.2, 0.25) is 0 Å². The molecule has 208 valence electrons. The van der Waals surface area contributed by atoms with Crippen molar-refractivity contribution < 1.29 is 0 Å². The summed E-state index contributed by atoms with van der Waals surface area (Å²) in [6, 6.07) is 15.5. The molecule has 2 N–H and O–H groups in total. The molecule has 41 heavy (non-hydrogen) atoms. The van der Waals surface area contributed by atoms with Crippen molar-refractivity contribution in [3.05, 3.63) is 79.9 Å². The SMILES string of the molecule is N#CCCn1c(=O)c2nc(N3CCCC(N)C3)n(CC3=CCCC3)c2c(=O)n1Cc1ccc(C#N)c2ccccc12. The van der Waals surface area contributed by atoms with Crippen LogP contribution in [0.3, 0.4) is 0 Å². The number of fused-ring (bicyclic) bond motifs is 2. The molecule has 1 unspecified atom stereocenters. The maximum absolute atomic E-state index is 14.4. The summed E-state index contributed by atoms with van der Waals surface area (Å²) in [6.45, 7) is 2.03. The fraction of sp³-hybridized carbons (Fsp3) is 0.387. The van der Waals surface area contributed by atoms with Crippen LogP contribution in [-0.2, 0) is 19.6 Å². The van der Waals surface area contributed by atoms with E-state index in [1.165, 1.54) is 14.9 Å². The van der Waals surface area contributed by atoms with Gasteiger partial charge in [-0.2, -0.15) is 10.5 Å². The van der Waals surface area contributed by atoms with E-state index in [1.54, 1.807) is 6.07 Å². The molecule has 1 atom stereocenters. The first-order valence-electron chi connectivity index (χ1n) is 14.2. The maximum Gasteiger partial charge on any atom is 0.293 e. The summed E-state index contributed by atoms with van der Waals surface area (Å²) in [5.74, 6) is 0.602. The van der Waals surface area contributed by atoms with Crippen LogP contribution in [0.1, 0.15) is 49.7 Å². The third-order valence-electron chi connectivity index (χ3n) is 8.24. The van der Waals surface area contributed by atoms with Crippen LogP contribution >= 0.6 is 0 Å². The molecule has 2 aliphatic rings. The zero-order chi connectivity index (χ0) is 28.5. The lowest BCUT2D eigenvalue weighted by Gasteiger charge is -2.32. The maximum atomic E-state index is 14.4. The molecule has 1 aliphatic carbocycles. The van der Waals surface area contributed by atoms with E-state index in [1.807, 2.05) is 34.9 Å². The molecular formula is C31H32N8O2. The Balaban J connectivity index is 1.59. The number of aromatic nitrogens is 4. The molecule has 1 fully saturated rings. The highest BCUT2D eigenvalue weighted by atomic mass is 16.2. The van der Waals surface area contributed by atoms with Gasteiger partial charge in [0.15, 0.2) is 5.52 Å². The van der Waals surface area contributed by atoms with Gasteiger partial charge in [-0.3, -0.25) is 9.59 Å². The average Bonchev–Trinajstić information content (AvgIpc) is 3.64. The Kier molecular flexibility index (Phi) is 7.17. The molecule has 2 aromatic heterocycles. The summed E-state index contributed by atoms with van der Waals surface area (Å²) in [4.78, 5) is 35.4. The first-order chi connectivity index (χ1) is 20.0. The van der Waals surface area contributed by atoms with Gasteiger partial charge in [-0.15, -0.1) is 0 Å². The van der Waals surface area contributed by atoms with Gasteiger partial charge < -0.3 is 15.2 Å². The van der Waals surface area contributed by atoms with E-state index in [4.69, 9.17) is 10.7 Å². The Labute approximate surface area is 237 Å². The van der Waals surface area contributed by atoms with Crippen LogP contribution in [0.4, 0.5) is 5.95 Å². The van der Waals surface area contributed by atoms with Gasteiger partial charge in [0.2, 0.25) is 5.95 Å². The van der Waals surface area contributed by atoms with Gasteiger partial charge in [0.25, 0.3) is 11.1 Å². The molecule has 0 amide bonds. The Hall–Kier alpha value is -4.67. The number of hydrogen-bond acceptors (Lipinski definition) is 7. The van der Waals surface area contributed by atoms with E-state index < -0.39 is 5.56 Å². The number of nitriles is 2. The normalized spacial score (nSPS) is 17.1. The number of allylic oxidation sites excluding steroid dienone is 2. The number of nitrogens with two attached hydrogens (primary N) is 1. The number of imidazole rings is 1. The van der Waals surface area contributed by atoms with E-state index in [-0.39, 0.29) is 42.1 Å². The van der Waals surface area contributed by atoms with Crippen molar-refractivity contribution in [2.24, 2.45) is 5.73 Å². The molecule has 10 heteroatoms. The zero-order valence-electron chi connectivity index (χ0n) is 22.9. The van der Waals surface area contributed by atoms with Crippen molar-refractivity contribution in [3.63, 3.8) is 0 Å². The topological polar surface area (TPSA) is 139 Å². The van der Waals surface area contributed by atoms with E-state index >= 15 is 0 Å². The summed E-state index contributed by atoms with van der Waals surface area (Å²) in [6.07, 6.45) is 7.15. The molecule has 1 saturated heterocycles. The second-order valence-electron chi connectivity index (χ2n) is 10.9. The highest BCUT2D eigenvalue weighted by molar-refractivity contribution is 5.90. The fourth-order valence-corrected chi connectivity index (χ4v) is 6.23. The molecule has 0 saturated carbocycles. The highest BCUT2D eigenvalue weighted by Gasteiger charge is 2.28. The molecule has 0 radical (unpaired) electrons. The smallest absolute Gasteiger partial charge is 0.293 e. The Bertz CT molecular complexity index is 1880. The van der Waals surface area contributed by atoms with Gasteiger partial charge in [0, 0.05) is 25.7 Å². The molecule has 6 rings (SSSR count). The first kappa shape index (κ1) is 26.5. The molecule has 0 bridgehead atoms. The van der Waals surface area contributed by atoms with E-state index in [0.29, 0.717) is 24.6 Å². The predicted octanol–water partition coefficient (Wildman–Crippen LogP) is 3.38. The summed E-state index contributed by atoms with van der Waals surface area (Å²) in [5, 5.41) is 20.6. The van der Waals surface area contributed by atoms with E-state index in [0.717, 1.165) is 55.0 Å². The minimum atomic E-state index is -0.394. The first-order valence-corrected chi connectivity index (χ1v) is 14.2. The van der Waals surface area contributed by atoms with Crippen molar-refractivity contribution in [1.29, 1.82) is 10.5 Å². The van der Waals surface area contributed by atoms with Crippen LogP contribution in [0, 0.1) is 22.7 Å². The molecule has 0 spiro atoms. The van der Waals surface area contributed by atoms with Gasteiger partial charge in [0.1, 0.15) is 5.52 Å². The number of nitrogens with zero attached hydrogens (tertiary/aromatic N) is 7. The second-order valence-corrected chi connectivity index (χ2v) is 10.9. The number of rotatable bonds is 7. The Morgan fingerprint density at radius 2 is 1.83 bits per heavy atom. The van der Waals surface area contributed by atoms with Crippen molar-refractivity contribution in [1.82, 2.24) is 18.9 Å². The van der Waals surface area contributed by atoms with Crippen molar-refractivity contribution in [2.45, 2.75) is 64.2 Å². The lowest BCUT2D eigenvalue weighted by Crippen LogP contribution is -2.44. The summed E-state index contributed by atoms with van der Waals surface area (Å²) < 4.78 is 4.72. The van der Waals surface area contributed by atoms with Gasteiger partial charge in [-0.25, -0.2) is 14.3 Å². The van der Waals surface area contributed by atoms with Crippen molar-refractivity contribution in [3.8, 4) is 12.1 Å². The van der Waals surface area contributed by atoms with Gasteiger partial charge >= 0.3 is 0 Å². The van der Waals surface area contributed by atoms with Crippen LogP contribution in [-0.4, -0.2) is 38.0 Å². The van der Waals surface area contributed by atoms with Gasteiger partial charge in [-0.1, -0.05) is 42.0 Å². The van der Waals surface area contributed by atoms with Gasteiger partial charge in [-0.05, 0) is 54.5 Å². The lowest BCUT2D eigenvalue weighted by atomic mass is 10.00. The standard InChI is InChI=1S/C31H32N8O2/c32-14-6-16-38-29(40)27-28(30(41)39(38)19-23-13-12-22(17-33)25-10-3-4-11-26(23)25)37(18-21-7-1-2-8-21)31(35-27)36-15-5-9-24(34)20-36/h3-4,7,10-13,24H,1-2,5-6,8-9,15-16,18-20,34H2. The summed E-state index contributed by atoms with van der Waals surface area (Å²) in [7, 11) is 0. The minimum absolute atomic E-state index is 0.00341. The third kappa shape index (κ3) is 4.81. The van der Waals surface area contributed by atoms with E-state index in [2.05, 4.69) is 23.1 Å². The highest BCUT2D eigenvalue weighted by Crippen LogP contribution is 2.27. The molecular weight excluding hydrogens is 516 g/mol. The number of hydrogen-bond donors (Lipinski definition) is 1. The van der Waals surface area contributed by atoms with Crippen molar-refractivity contribution >= 4 is 27.8 Å². The van der Waals surface area contributed by atoms with Crippen molar-refractivity contribution in [2.75, 3.05) is 18.0 Å². The van der Waals surface area contributed by atoms with Crippen LogP contribution in [0.25, 0.3) is 21.8 Å².